The van der Waals surface area contributed by atoms with Gasteiger partial charge in [-0.05, 0) is 12.1 Å². The van der Waals surface area contributed by atoms with Crippen LogP contribution in [0.2, 0.25) is 0 Å². The molecule has 0 saturated carbocycles. The molecule has 7 nitrogen and oxygen atoms in total. The fourth-order valence-electron chi connectivity index (χ4n) is 1.55. The number of benzene rings is 1. The van der Waals surface area contributed by atoms with E-state index in [1.807, 2.05) is 5.32 Å². The van der Waals surface area contributed by atoms with Crippen molar-refractivity contribution in [1.29, 1.82) is 0 Å². The van der Waals surface area contributed by atoms with Gasteiger partial charge in [-0.2, -0.15) is 5.10 Å². The lowest BCUT2D eigenvalue weighted by Gasteiger charge is -2.07. The number of rotatable bonds is 4. The zero-order valence-electron chi connectivity index (χ0n) is 10.5. The van der Waals surface area contributed by atoms with E-state index in [0.717, 1.165) is 16.8 Å². The maximum Gasteiger partial charge on any atom is 0.325 e. The van der Waals surface area contributed by atoms with Crippen molar-refractivity contribution in [2.75, 3.05) is 10.6 Å². The summed E-state index contributed by atoms with van der Waals surface area (Å²) in [6.45, 7) is -0.370. The number of aliphatic carboxylic acids is 1. The zero-order valence-corrected chi connectivity index (χ0v) is 10.5. The van der Waals surface area contributed by atoms with Crippen LogP contribution in [0.25, 0.3) is 0 Å². The smallest absolute Gasteiger partial charge is 0.325 e. The number of carboxylic acid groups (broad SMARTS) is 1. The monoisotopic (exact) mass is 296 g/mol. The van der Waals surface area contributed by atoms with Gasteiger partial charge in [-0.15, -0.1) is 0 Å². The van der Waals surface area contributed by atoms with Crippen molar-refractivity contribution >= 4 is 23.4 Å². The Hall–Kier alpha value is -2.97. The second kappa shape index (κ2) is 5.99. The summed E-state index contributed by atoms with van der Waals surface area (Å²) in [6.07, 6.45) is 2.48. The maximum absolute atomic E-state index is 13.3. The molecule has 9 heteroatoms. The molecule has 1 aromatic carbocycles. The molecule has 0 spiro atoms. The van der Waals surface area contributed by atoms with E-state index in [2.05, 4.69) is 10.4 Å². The van der Waals surface area contributed by atoms with Crippen LogP contribution in [-0.4, -0.2) is 26.9 Å². The van der Waals surface area contributed by atoms with Crippen LogP contribution in [0.3, 0.4) is 0 Å². The Morgan fingerprint density at radius 3 is 2.52 bits per heavy atom. The van der Waals surface area contributed by atoms with Crippen LogP contribution in [0.4, 0.5) is 25.0 Å². The number of anilines is 2. The van der Waals surface area contributed by atoms with Crippen molar-refractivity contribution in [3.63, 3.8) is 0 Å². The predicted octanol–water partition coefficient (Wildman–Crippen LogP) is 1.89. The van der Waals surface area contributed by atoms with Crippen molar-refractivity contribution in [2.45, 2.75) is 6.54 Å². The van der Waals surface area contributed by atoms with Gasteiger partial charge in [0.05, 0.1) is 11.9 Å². The van der Waals surface area contributed by atoms with Gasteiger partial charge in [-0.25, -0.2) is 13.6 Å². The fourth-order valence-corrected chi connectivity index (χ4v) is 1.55. The van der Waals surface area contributed by atoms with E-state index in [-0.39, 0.29) is 12.2 Å². The highest BCUT2D eigenvalue weighted by Gasteiger charge is 2.12. The molecule has 0 aliphatic rings. The van der Waals surface area contributed by atoms with E-state index >= 15 is 0 Å². The minimum atomic E-state index is -1.09. The van der Waals surface area contributed by atoms with Crippen molar-refractivity contribution in [3.05, 3.63) is 42.2 Å². The molecule has 0 unspecified atom stereocenters. The van der Waals surface area contributed by atoms with Gasteiger partial charge in [0.1, 0.15) is 23.9 Å². The topological polar surface area (TPSA) is 96.2 Å². The van der Waals surface area contributed by atoms with Crippen LogP contribution in [0, 0.1) is 11.6 Å². The number of nitrogens with zero attached hydrogens (tertiary/aromatic N) is 2. The third-order valence-corrected chi connectivity index (χ3v) is 2.39. The molecule has 2 rings (SSSR count). The molecule has 0 aliphatic carbocycles. The highest BCUT2D eigenvalue weighted by atomic mass is 19.1. The van der Waals surface area contributed by atoms with Crippen LogP contribution in [0.5, 0.6) is 0 Å². The maximum atomic E-state index is 13.3. The molecular weight excluding hydrogens is 286 g/mol. The first kappa shape index (κ1) is 14.4. The Bertz CT molecular complexity index is 667. The SMILES string of the molecule is O=C(O)Cn1cc(NC(=O)Nc2c(F)cccc2F)cn1. The number of halogens is 2. The van der Waals surface area contributed by atoms with Crippen molar-refractivity contribution in [2.24, 2.45) is 0 Å². The van der Waals surface area contributed by atoms with E-state index in [0.29, 0.717) is 0 Å². The average molecular weight is 296 g/mol. The molecule has 0 aliphatic heterocycles. The molecule has 110 valence electrons. The van der Waals surface area contributed by atoms with Gasteiger partial charge in [0.25, 0.3) is 0 Å². The summed E-state index contributed by atoms with van der Waals surface area (Å²) in [5.41, 5.74) is -0.390. The molecule has 1 heterocycles. The second-order valence-corrected chi connectivity index (χ2v) is 4.00. The number of hydrogen-bond acceptors (Lipinski definition) is 3. The van der Waals surface area contributed by atoms with Crippen LogP contribution < -0.4 is 10.6 Å². The van der Waals surface area contributed by atoms with Gasteiger partial charge in [0, 0.05) is 6.20 Å². The van der Waals surface area contributed by atoms with Crippen molar-refractivity contribution in [1.82, 2.24) is 9.78 Å². The molecule has 3 N–H and O–H groups in total. The van der Waals surface area contributed by atoms with Gasteiger partial charge in [0.2, 0.25) is 0 Å². The minimum Gasteiger partial charge on any atom is -0.480 e. The number of amides is 2. The van der Waals surface area contributed by atoms with Gasteiger partial charge in [-0.3, -0.25) is 9.48 Å². The summed E-state index contributed by atoms with van der Waals surface area (Å²) in [5.74, 6) is -2.92. The third-order valence-electron chi connectivity index (χ3n) is 2.39. The van der Waals surface area contributed by atoms with E-state index in [9.17, 15) is 18.4 Å². The van der Waals surface area contributed by atoms with E-state index in [1.54, 1.807) is 0 Å². The Kier molecular flexibility index (Phi) is 4.12. The molecule has 0 saturated heterocycles. The summed E-state index contributed by atoms with van der Waals surface area (Å²) in [5, 5.41) is 16.6. The zero-order chi connectivity index (χ0) is 15.4. The predicted molar refractivity (Wildman–Crippen MR) is 68.9 cm³/mol. The lowest BCUT2D eigenvalue weighted by Crippen LogP contribution is -2.20. The van der Waals surface area contributed by atoms with Crippen LogP contribution in [-0.2, 0) is 11.3 Å². The van der Waals surface area contributed by atoms with Gasteiger partial charge in [-0.1, -0.05) is 6.07 Å². The van der Waals surface area contributed by atoms with Gasteiger partial charge >= 0.3 is 12.0 Å². The third kappa shape index (κ3) is 3.75. The number of aromatic nitrogens is 2. The molecule has 0 fully saturated rings. The first-order valence-corrected chi connectivity index (χ1v) is 5.72. The molecule has 2 amide bonds. The fraction of sp³-hybridized carbons (Fsp3) is 0.0833. The van der Waals surface area contributed by atoms with Gasteiger partial charge < -0.3 is 15.7 Å². The number of para-hydroxylation sites is 1. The summed E-state index contributed by atoms with van der Waals surface area (Å²) in [7, 11) is 0. The number of nitrogens with one attached hydrogen (secondary N) is 2. The normalized spacial score (nSPS) is 10.2. The molecular formula is C12H10F2N4O3. The Morgan fingerprint density at radius 2 is 1.90 bits per heavy atom. The Labute approximate surface area is 117 Å². The van der Waals surface area contributed by atoms with Crippen molar-refractivity contribution in [3.8, 4) is 0 Å². The standard InChI is InChI=1S/C12H10F2N4O3/c13-8-2-1-3-9(14)11(8)17-12(21)16-7-4-15-18(5-7)6-10(19)20/h1-5H,6H2,(H,19,20)(H2,16,17,21). The molecule has 21 heavy (non-hydrogen) atoms. The van der Waals surface area contributed by atoms with Gasteiger partial charge in [0.15, 0.2) is 0 Å². The Morgan fingerprint density at radius 1 is 1.24 bits per heavy atom. The largest absolute Gasteiger partial charge is 0.480 e. The number of hydrogen-bond donors (Lipinski definition) is 3. The van der Waals surface area contributed by atoms with Crippen LogP contribution in [0.1, 0.15) is 0 Å². The van der Waals surface area contributed by atoms with Crippen LogP contribution in [0.15, 0.2) is 30.6 Å². The summed E-state index contributed by atoms with van der Waals surface area (Å²) in [4.78, 5) is 22.1. The van der Waals surface area contributed by atoms with E-state index in [4.69, 9.17) is 5.11 Å². The highest BCUT2D eigenvalue weighted by molar-refractivity contribution is 5.99. The summed E-state index contributed by atoms with van der Waals surface area (Å²) >= 11 is 0. The molecule has 0 atom stereocenters. The summed E-state index contributed by atoms with van der Waals surface area (Å²) < 4.78 is 27.8. The number of urea groups is 1. The molecule has 0 bridgehead atoms. The lowest BCUT2D eigenvalue weighted by molar-refractivity contribution is -0.137. The van der Waals surface area contributed by atoms with Crippen molar-refractivity contribution < 1.29 is 23.5 Å². The first-order valence-electron chi connectivity index (χ1n) is 5.72. The van der Waals surface area contributed by atoms with Crippen LogP contribution >= 0.6 is 0 Å². The molecule has 2 aromatic rings. The summed E-state index contributed by atoms with van der Waals surface area (Å²) in [6, 6.07) is 2.30. The lowest BCUT2D eigenvalue weighted by atomic mass is 10.3. The average Bonchev–Trinajstić information content (AvgIpc) is 2.80. The highest BCUT2D eigenvalue weighted by Crippen LogP contribution is 2.18. The van der Waals surface area contributed by atoms with E-state index < -0.39 is 29.3 Å². The van der Waals surface area contributed by atoms with E-state index in [1.165, 1.54) is 18.5 Å². The first-order chi connectivity index (χ1) is 9.95. The molecule has 1 aromatic heterocycles. The number of carbonyl (C=O) groups is 2. The quantitative estimate of drug-likeness (QED) is 0.802. The Balaban J connectivity index is 2.02. The minimum absolute atomic E-state index is 0.186. The second-order valence-electron chi connectivity index (χ2n) is 4.00. The molecule has 0 radical (unpaired) electrons. The number of carboxylic acids is 1. The number of carbonyl (C=O) groups excluding carboxylic acids is 1.